The number of aromatic nitrogens is 3. The fourth-order valence-electron chi connectivity index (χ4n) is 1.68. The predicted molar refractivity (Wildman–Crippen MR) is 67.3 cm³/mol. The summed E-state index contributed by atoms with van der Waals surface area (Å²) in [4.78, 5) is 0. The molecule has 1 atom stereocenters. The first kappa shape index (κ1) is 12.2. The van der Waals surface area contributed by atoms with E-state index in [1.165, 1.54) is 0 Å². The molecule has 1 heterocycles. The van der Waals surface area contributed by atoms with E-state index in [0.717, 1.165) is 4.47 Å². The van der Waals surface area contributed by atoms with Gasteiger partial charge < -0.3 is 4.57 Å². The molecule has 2 aromatic rings. The van der Waals surface area contributed by atoms with Gasteiger partial charge in [-0.2, -0.15) is 0 Å². The summed E-state index contributed by atoms with van der Waals surface area (Å²) in [5.41, 5.74) is -0.820. The smallest absolute Gasteiger partial charge is 0.140 e. The highest BCUT2D eigenvalue weighted by Gasteiger charge is 2.28. The third kappa shape index (κ3) is 2.72. The fourth-order valence-corrected chi connectivity index (χ4v) is 2.08. The number of halogens is 2. The molecule has 0 amide bonds. The minimum Gasteiger partial charge on any atom is -0.321 e. The minimum atomic E-state index is -1.45. The van der Waals surface area contributed by atoms with Gasteiger partial charge in [-0.25, -0.2) is 4.39 Å². The molecule has 0 aliphatic heterocycles. The molecule has 2 rings (SSSR count). The topological polar surface area (TPSA) is 30.7 Å². The highest BCUT2D eigenvalue weighted by atomic mass is 79.9. The molecule has 0 saturated heterocycles. The summed E-state index contributed by atoms with van der Waals surface area (Å²) in [6.45, 7) is 1.56. The van der Waals surface area contributed by atoms with E-state index in [1.54, 1.807) is 30.0 Å². The van der Waals surface area contributed by atoms with Crippen molar-refractivity contribution in [3.8, 4) is 0 Å². The van der Waals surface area contributed by atoms with Crippen molar-refractivity contribution in [1.29, 1.82) is 0 Å². The van der Waals surface area contributed by atoms with Crippen molar-refractivity contribution in [1.82, 2.24) is 14.8 Å². The van der Waals surface area contributed by atoms with E-state index in [9.17, 15) is 4.39 Å². The van der Waals surface area contributed by atoms with Crippen LogP contribution >= 0.6 is 15.9 Å². The van der Waals surface area contributed by atoms with Crippen molar-refractivity contribution in [2.75, 3.05) is 0 Å². The number of rotatable bonds is 3. The van der Waals surface area contributed by atoms with Gasteiger partial charge in [0.15, 0.2) is 0 Å². The Kier molecular flexibility index (Phi) is 3.28. The molecule has 0 saturated carbocycles. The fraction of sp³-hybridized carbons (Fsp3) is 0.333. The molecule has 0 aliphatic rings. The van der Waals surface area contributed by atoms with Crippen LogP contribution in [0.25, 0.3) is 0 Å². The SMILES string of the molecule is Cn1cnnc1CC(C)(F)c1cccc(Br)c1. The maximum Gasteiger partial charge on any atom is 0.140 e. The Hall–Kier alpha value is -1.23. The number of nitrogens with zero attached hydrogens (tertiary/aromatic N) is 3. The molecule has 1 aromatic carbocycles. The lowest BCUT2D eigenvalue weighted by molar-refractivity contribution is 0.186. The van der Waals surface area contributed by atoms with Crippen molar-refractivity contribution in [3.05, 3.63) is 46.5 Å². The summed E-state index contributed by atoms with van der Waals surface area (Å²) in [6, 6.07) is 7.27. The van der Waals surface area contributed by atoms with Crippen LogP contribution in [0.2, 0.25) is 0 Å². The maximum absolute atomic E-state index is 14.6. The zero-order chi connectivity index (χ0) is 12.5. The van der Waals surface area contributed by atoms with E-state index in [0.29, 0.717) is 11.4 Å². The van der Waals surface area contributed by atoms with Crippen LogP contribution in [-0.4, -0.2) is 14.8 Å². The van der Waals surface area contributed by atoms with Crippen molar-refractivity contribution in [2.24, 2.45) is 7.05 Å². The summed E-state index contributed by atoms with van der Waals surface area (Å²) >= 11 is 3.35. The maximum atomic E-state index is 14.6. The second-order valence-corrected chi connectivity index (χ2v) is 5.16. The number of aryl methyl sites for hydroxylation is 1. The van der Waals surface area contributed by atoms with Gasteiger partial charge in [0.05, 0.1) is 0 Å². The lowest BCUT2D eigenvalue weighted by Gasteiger charge is -2.20. The second-order valence-electron chi connectivity index (χ2n) is 4.24. The summed E-state index contributed by atoms with van der Waals surface area (Å²) < 4.78 is 17.2. The van der Waals surface area contributed by atoms with E-state index in [2.05, 4.69) is 26.1 Å². The van der Waals surface area contributed by atoms with Gasteiger partial charge in [0, 0.05) is 17.9 Å². The van der Waals surface area contributed by atoms with Crippen LogP contribution in [0, 0.1) is 0 Å². The molecule has 5 heteroatoms. The van der Waals surface area contributed by atoms with Gasteiger partial charge in [-0.3, -0.25) is 0 Å². The second kappa shape index (κ2) is 4.56. The van der Waals surface area contributed by atoms with Crippen LogP contribution in [0.1, 0.15) is 18.3 Å². The average Bonchev–Trinajstić information content (AvgIpc) is 2.64. The molecule has 0 bridgehead atoms. The molecule has 90 valence electrons. The Bertz CT molecular complexity index is 522. The van der Waals surface area contributed by atoms with Crippen molar-refractivity contribution in [2.45, 2.75) is 19.0 Å². The summed E-state index contributed by atoms with van der Waals surface area (Å²) in [6.07, 6.45) is 1.78. The molecule has 1 aromatic heterocycles. The molecule has 1 unspecified atom stereocenters. The van der Waals surface area contributed by atoms with Gasteiger partial charge in [-0.05, 0) is 24.6 Å². The monoisotopic (exact) mass is 297 g/mol. The molecule has 0 aliphatic carbocycles. The first-order valence-corrected chi connectivity index (χ1v) is 6.06. The third-order valence-electron chi connectivity index (χ3n) is 2.72. The summed E-state index contributed by atoms with van der Waals surface area (Å²) in [5.74, 6) is 0.634. The van der Waals surface area contributed by atoms with Gasteiger partial charge in [-0.15, -0.1) is 10.2 Å². The highest BCUT2D eigenvalue weighted by Crippen LogP contribution is 2.30. The van der Waals surface area contributed by atoms with E-state index < -0.39 is 5.67 Å². The molecule has 17 heavy (non-hydrogen) atoms. The Morgan fingerprint density at radius 2 is 2.24 bits per heavy atom. The molecule has 3 nitrogen and oxygen atoms in total. The van der Waals surface area contributed by atoms with Crippen LogP contribution in [0.15, 0.2) is 35.1 Å². The Balaban J connectivity index is 2.27. The predicted octanol–water partition coefficient (Wildman–Crippen LogP) is 3.01. The zero-order valence-corrected chi connectivity index (χ0v) is 11.3. The largest absolute Gasteiger partial charge is 0.321 e. The Labute approximate surface area is 108 Å². The number of hydrogen-bond acceptors (Lipinski definition) is 2. The van der Waals surface area contributed by atoms with Crippen LogP contribution < -0.4 is 0 Å². The molecular weight excluding hydrogens is 285 g/mol. The van der Waals surface area contributed by atoms with Gasteiger partial charge in [0.25, 0.3) is 0 Å². The quantitative estimate of drug-likeness (QED) is 0.872. The van der Waals surface area contributed by atoms with Crippen LogP contribution in [0.4, 0.5) is 4.39 Å². The summed E-state index contributed by atoms with van der Waals surface area (Å²) in [7, 11) is 1.81. The lowest BCUT2D eigenvalue weighted by atomic mass is 9.94. The van der Waals surface area contributed by atoms with Crippen molar-refractivity contribution < 1.29 is 4.39 Å². The van der Waals surface area contributed by atoms with Gasteiger partial charge in [-0.1, -0.05) is 28.1 Å². The zero-order valence-electron chi connectivity index (χ0n) is 9.69. The number of alkyl halides is 1. The molecular formula is C12H13BrFN3. The number of benzene rings is 1. The first-order valence-electron chi connectivity index (χ1n) is 5.27. The van der Waals surface area contributed by atoms with Gasteiger partial charge >= 0.3 is 0 Å². The molecule has 0 fully saturated rings. The first-order chi connectivity index (χ1) is 7.99. The van der Waals surface area contributed by atoms with Gasteiger partial charge in [0.1, 0.15) is 17.8 Å². The normalized spacial score (nSPS) is 14.6. The minimum absolute atomic E-state index is 0.208. The number of hydrogen-bond donors (Lipinski definition) is 0. The van der Waals surface area contributed by atoms with E-state index in [4.69, 9.17) is 0 Å². The van der Waals surface area contributed by atoms with Crippen LogP contribution in [0.3, 0.4) is 0 Å². The molecule has 0 N–H and O–H groups in total. The van der Waals surface area contributed by atoms with E-state index >= 15 is 0 Å². The van der Waals surface area contributed by atoms with Crippen molar-refractivity contribution >= 4 is 15.9 Å². The van der Waals surface area contributed by atoms with E-state index in [1.807, 2.05) is 19.2 Å². The third-order valence-corrected chi connectivity index (χ3v) is 3.22. The van der Waals surface area contributed by atoms with Gasteiger partial charge in [0.2, 0.25) is 0 Å². The van der Waals surface area contributed by atoms with E-state index in [-0.39, 0.29) is 6.42 Å². The average molecular weight is 298 g/mol. The Morgan fingerprint density at radius 1 is 1.47 bits per heavy atom. The summed E-state index contributed by atoms with van der Waals surface area (Å²) in [5, 5.41) is 7.66. The molecule has 0 radical (unpaired) electrons. The molecule has 0 spiro atoms. The van der Waals surface area contributed by atoms with Crippen molar-refractivity contribution in [3.63, 3.8) is 0 Å². The standard InChI is InChI=1S/C12H13BrFN3/c1-12(14,7-11-16-15-8-17(11)2)9-4-3-5-10(13)6-9/h3-6,8H,7H2,1-2H3. The van der Waals surface area contributed by atoms with Crippen LogP contribution in [0.5, 0.6) is 0 Å². The lowest BCUT2D eigenvalue weighted by Crippen LogP contribution is -2.20. The van der Waals surface area contributed by atoms with Crippen LogP contribution in [-0.2, 0) is 19.1 Å². The Morgan fingerprint density at radius 3 is 2.82 bits per heavy atom. The highest BCUT2D eigenvalue weighted by molar-refractivity contribution is 9.10.